The molecule has 5 nitrogen and oxygen atoms in total. The summed E-state index contributed by atoms with van der Waals surface area (Å²) in [6, 6.07) is 7.93. The first-order chi connectivity index (χ1) is 11.6. The average molecular weight is 428 g/mol. The lowest BCUT2D eigenvalue weighted by Crippen LogP contribution is -2.42. The van der Waals surface area contributed by atoms with Crippen molar-refractivity contribution >= 4 is 34.2 Å². The number of hydrogen-bond acceptors (Lipinski definition) is 3. The molecule has 136 valence electrons. The second-order valence-electron chi connectivity index (χ2n) is 6.35. The van der Waals surface area contributed by atoms with Crippen molar-refractivity contribution in [3.8, 4) is 5.69 Å². The van der Waals surface area contributed by atoms with Gasteiger partial charge in [0.2, 0.25) is 0 Å². The number of benzene rings is 1. The van der Waals surface area contributed by atoms with E-state index >= 15 is 0 Å². The summed E-state index contributed by atoms with van der Waals surface area (Å²) in [7, 11) is 1.97. The van der Waals surface area contributed by atoms with E-state index in [1.807, 2.05) is 47.8 Å². The predicted octanol–water partition coefficient (Wildman–Crippen LogP) is 3.44. The Labute approximate surface area is 163 Å². The Balaban J connectivity index is 0.00000225. The van der Waals surface area contributed by atoms with Gasteiger partial charge in [-0.1, -0.05) is 22.0 Å². The molecule has 1 aliphatic heterocycles. The minimum absolute atomic E-state index is 0. The van der Waals surface area contributed by atoms with Gasteiger partial charge < -0.3 is 10.2 Å². The molecular formula is C18H24BrClN4O. The highest BCUT2D eigenvalue weighted by molar-refractivity contribution is 9.10. The number of carbonyl (C=O) groups excluding carboxylic acids is 1. The van der Waals surface area contributed by atoms with Crippen molar-refractivity contribution in [2.75, 3.05) is 26.7 Å². The summed E-state index contributed by atoms with van der Waals surface area (Å²) >= 11 is 3.48. The van der Waals surface area contributed by atoms with Gasteiger partial charge in [0, 0.05) is 17.6 Å². The van der Waals surface area contributed by atoms with Crippen molar-refractivity contribution in [2.45, 2.75) is 19.8 Å². The normalized spacial score (nSPS) is 17.2. The van der Waals surface area contributed by atoms with Crippen LogP contribution in [0.5, 0.6) is 0 Å². The van der Waals surface area contributed by atoms with Crippen LogP contribution in [-0.4, -0.2) is 47.3 Å². The first-order valence-corrected chi connectivity index (χ1v) is 9.14. The van der Waals surface area contributed by atoms with Crippen LogP contribution in [0.2, 0.25) is 0 Å². The van der Waals surface area contributed by atoms with E-state index in [1.165, 1.54) is 6.42 Å². The first-order valence-electron chi connectivity index (χ1n) is 8.34. The molecule has 0 saturated carbocycles. The smallest absolute Gasteiger partial charge is 0.257 e. The number of amides is 1. The van der Waals surface area contributed by atoms with Crippen molar-refractivity contribution in [3.05, 3.63) is 46.2 Å². The van der Waals surface area contributed by atoms with Crippen LogP contribution in [0.15, 0.2) is 34.9 Å². The van der Waals surface area contributed by atoms with Gasteiger partial charge >= 0.3 is 0 Å². The standard InChI is InChI=1S/C18H23BrN4O.ClH/c1-13-17(11-21-23(13)16-7-3-6-15(19)9-16)18(24)22-8-4-5-14(12-22)10-20-2;/h3,6-7,9,11,14,20H,4-5,8,10,12H2,1-2H3;1H. The largest absolute Gasteiger partial charge is 0.338 e. The highest BCUT2D eigenvalue weighted by Crippen LogP contribution is 2.22. The lowest BCUT2D eigenvalue weighted by atomic mass is 9.97. The predicted molar refractivity (Wildman–Crippen MR) is 106 cm³/mol. The fraction of sp³-hybridized carbons (Fsp3) is 0.444. The molecule has 1 aromatic heterocycles. The van der Waals surface area contributed by atoms with Gasteiger partial charge in [-0.05, 0) is 57.5 Å². The maximum absolute atomic E-state index is 12.9. The maximum Gasteiger partial charge on any atom is 0.257 e. The Kier molecular flexibility index (Phi) is 7.04. The van der Waals surface area contributed by atoms with Gasteiger partial charge in [0.15, 0.2) is 0 Å². The van der Waals surface area contributed by atoms with Crippen LogP contribution in [0.1, 0.15) is 28.9 Å². The average Bonchev–Trinajstić information content (AvgIpc) is 2.96. The summed E-state index contributed by atoms with van der Waals surface area (Å²) < 4.78 is 2.82. The highest BCUT2D eigenvalue weighted by atomic mass is 79.9. The number of nitrogens with one attached hydrogen (secondary N) is 1. The number of piperidine rings is 1. The SMILES string of the molecule is CNCC1CCCN(C(=O)c2cnn(-c3cccc(Br)c3)c2C)C1.Cl. The van der Waals surface area contributed by atoms with Crippen LogP contribution in [0, 0.1) is 12.8 Å². The van der Waals surface area contributed by atoms with E-state index in [2.05, 4.69) is 26.3 Å². The summed E-state index contributed by atoms with van der Waals surface area (Å²) in [5.74, 6) is 0.627. The number of likely N-dealkylation sites (tertiary alicyclic amines) is 1. The molecule has 7 heteroatoms. The van der Waals surface area contributed by atoms with Crippen molar-refractivity contribution in [2.24, 2.45) is 5.92 Å². The molecule has 1 aromatic carbocycles. The van der Waals surface area contributed by atoms with Crippen LogP contribution < -0.4 is 5.32 Å². The maximum atomic E-state index is 12.9. The molecule has 1 aliphatic rings. The summed E-state index contributed by atoms with van der Waals surface area (Å²) in [6.45, 7) is 4.57. The molecule has 0 spiro atoms. The first kappa shape index (κ1) is 19.9. The monoisotopic (exact) mass is 426 g/mol. The Morgan fingerprint density at radius 3 is 2.96 bits per heavy atom. The molecule has 1 fully saturated rings. The Morgan fingerprint density at radius 1 is 1.44 bits per heavy atom. The summed E-state index contributed by atoms with van der Waals surface area (Å²) in [6.07, 6.45) is 3.94. The molecule has 1 amide bonds. The third-order valence-electron chi connectivity index (χ3n) is 4.59. The van der Waals surface area contributed by atoms with Gasteiger partial charge in [-0.25, -0.2) is 4.68 Å². The van der Waals surface area contributed by atoms with E-state index in [0.29, 0.717) is 11.5 Å². The Hall–Kier alpha value is -1.37. The fourth-order valence-electron chi connectivity index (χ4n) is 3.36. The quantitative estimate of drug-likeness (QED) is 0.813. The Morgan fingerprint density at radius 2 is 2.24 bits per heavy atom. The zero-order chi connectivity index (χ0) is 17.1. The summed E-state index contributed by atoms with van der Waals surface area (Å²) in [5, 5.41) is 7.65. The molecule has 1 N–H and O–H groups in total. The topological polar surface area (TPSA) is 50.2 Å². The van der Waals surface area contributed by atoms with Gasteiger partial charge in [-0.15, -0.1) is 12.4 Å². The summed E-state index contributed by atoms with van der Waals surface area (Å²) in [4.78, 5) is 14.9. The van der Waals surface area contributed by atoms with E-state index in [-0.39, 0.29) is 18.3 Å². The third kappa shape index (κ3) is 4.43. The number of rotatable bonds is 4. The molecule has 1 saturated heterocycles. The van der Waals surface area contributed by atoms with Crippen LogP contribution in [0.3, 0.4) is 0 Å². The number of nitrogens with zero attached hydrogens (tertiary/aromatic N) is 3. The van der Waals surface area contributed by atoms with Crippen LogP contribution in [0.25, 0.3) is 5.69 Å². The van der Waals surface area contributed by atoms with Crippen molar-refractivity contribution in [1.29, 1.82) is 0 Å². The zero-order valence-corrected chi connectivity index (χ0v) is 16.9. The molecule has 3 rings (SSSR count). The lowest BCUT2D eigenvalue weighted by Gasteiger charge is -2.32. The second-order valence-corrected chi connectivity index (χ2v) is 7.27. The molecule has 1 unspecified atom stereocenters. The van der Waals surface area contributed by atoms with Gasteiger partial charge in [-0.2, -0.15) is 5.10 Å². The van der Waals surface area contributed by atoms with E-state index in [9.17, 15) is 4.79 Å². The Bertz CT molecular complexity index is 732. The van der Waals surface area contributed by atoms with E-state index in [0.717, 1.165) is 41.9 Å². The highest BCUT2D eigenvalue weighted by Gasteiger charge is 2.26. The van der Waals surface area contributed by atoms with Gasteiger partial charge in [0.05, 0.1) is 23.1 Å². The summed E-state index contributed by atoms with van der Waals surface area (Å²) in [5.41, 5.74) is 2.53. The van der Waals surface area contributed by atoms with E-state index in [4.69, 9.17) is 0 Å². The van der Waals surface area contributed by atoms with Gasteiger partial charge in [0.25, 0.3) is 5.91 Å². The van der Waals surface area contributed by atoms with E-state index in [1.54, 1.807) is 6.20 Å². The number of hydrogen-bond donors (Lipinski definition) is 1. The van der Waals surface area contributed by atoms with Crippen LogP contribution in [0.4, 0.5) is 0 Å². The van der Waals surface area contributed by atoms with Crippen LogP contribution >= 0.6 is 28.3 Å². The minimum Gasteiger partial charge on any atom is -0.338 e. The van der Waals surface area contributed by atoms with Crippen LogP contribution in [-0.2, 0) is 0 Å². The van der Waals surface area contributed by atoms with E-state index < -0.39 is 0 Å². The van der Waals surface area contributed by atoms with Crippen molar-refractivity contribution < 1.29 is 4.79 Å². The van der Waals surface area contributed by atoms with Gasteiger partial charge in [0.1, 0.15) is 0 Å². The number of carbonyl (C=O) groups is 1. The van der Waals surface area contributed by atoms with Crippen molar-refractivity contribution in [1.82, 2.24) is 20.0 Å². The fourth-order valence-corrected chi connectivity index (χ4v) is 3.75. The molecule has 0 bridgehead atoms. The minimum atomic E-state index is 0. The lowest BCUT2D eigenvalue weighted by molar-refractivity contribution is 0.0673. The molecular weight excluding hydrogens is 404 g/mol. The third-order valence-corrected chi connectivity index (χ3v) is 5.09. The molecule has 25 heavy (non-hydrogen) atoms. The molecule has 1 atom stereocenters. The molecule has 2 aromatic rings. The number of aromatic nitrogens is 2. The van der Waals surface area contributed by atoms with Gasteiger partial charge in [-0.3, -0.25) is 4.79 Å². The number of halogens is 2. The molecule has 0 aliphatic carbocycles. The molecule has 2 heterocycles. The zero-order valence-electron chi connectivity index (χ0n) is 14.5. The van der Waals surface area contributed by atoms with Crippen molar-refractivity contribution in [3.63, 3.8) is 0 Å². The second kappa shape index (κ2) is 8.83. The molecule has 0 radical (unpaired) electrons.